The van der Waals surface area contributed by atoms with Crippen LogP contribution in [0.1, 0.15) is 58.2 Å². The van der Waals surface area contributed by atoms with E-state index in [1.165, 1.54) is 24.4 Å². The molecule has 0 saturated carbocycles. The molecular weight excluding hydrogens is 637 g/mol. The molecule has 2 N–H and O–H groups in total. The van der Waals surface area contributed by atoms with E-state index in [1.54, 1.807) is 6.07 Å². The quantitative estimate of drug-likeness (QED) is 0.175. The number of alkyl halides is 4. The number of nitrogens with two attached hydrogens (primary N) is 1. The smallest absolute Gasteiger partial charge is 0.283 e. The molecule has 2 aromatic heterocycles. The lowest BCUT2D eigenvalue weighted by Gasteiger charge is -2.20. The molecule has 4 aromatic rings. The van der Waals surface area contributed by atoms with Crippen molar-refractivity contribution in [1.82, 2.24) is 14.8 Å². The van der Waals surface area contributed by atoms with Gasteiger partial charge in [-0.2, -0.15) is 5.10 Å². The fraction of sp³-hybridized carbons (Fsp3) is 0.214. The molecule has 0 radical (unpaired) electrons. The van der Waals surface area contributed by atoms with Gasteiger partial charge in [-0.25, -0.2) is 30.7 Å². The number of primary amides is 1. The van der Waals surface area contributed by atoms with Crippen LogP contribution in [0.4, 0.5) is 30.7 Å². The van der Waals surface area contributed by atoms with E-state index < -0.39 is 82.3 Å². The zero-order valence-electron chi connectivity index (χ0n) is 21.3. The summed E-state index contributed by atoms with van der Waals surface area (Å²) in [5.74, 6) is -5.36. The Labute approximate surface area is 242 Å². The fourth-order valence-corrected chi connectivity index (χ4v) is 5.22. The van der Waals surface area contributed by atoms with Crippen LogP contribution in [0.3, 0.4) is 0 Å². The van der Waals surface area contributed by atoms with Gasteiger partial charge in [-0.15, -0.1) is 0 Å². The first kappa shape index (κ1) is 30.9. The number of carbonyl (C=O) groups excluding carboxylic acids is 2. The Balaban J connectivity index is 1.76. The second-order valence-corrected chi connectivity index (χ2v) is 10.1. The van der Waals surface area contributed by atoms with Gasteiger partial charge in [0.1, 0.15) is 35.4 Å². The highest BCUT2D eigenvalue weighted by molar-refractivity contribution is 9.10. The number of rotatable bonds is 11. The Bertz CT molecular complexity index is 1620. The van der Waals surface area contributed by atoms with Gasteiger partial charge < -0.3 is 5.73 Å². The third-order valence-electron chi connectivity index (χ3n) is 6.34. The number of pyridine rings is 1. The number of halogens is 8. The maximum absolute atomic E-state index is 14.2. The summed E-state index contributed by atoms with van der Waals surface area (Å²) in [5, 5.41) is 3.48. The van der Waals surface area contributed by atoms with Gasteiger partial charge in [0.25, 0.3) is 18.8 Å². The average Bonchev–Trinajstić information content (AvgIpc) is 3.23. The number of amides is 1. The van der Waals surface area contributed by atoms with Crippen molar-refractivity contribution in [3.8, 4) is 11.1 Å². The number of ketones is 1. The van der Waals surface area contributed by atoms with Crippen molar-refractivity contribution in [2.75, 3.05) is 0 Å². The van der Waals surface area contributed by atoms with Crippen LogP contribution in [0.25, 0.3) is 11.1 Å². The number of carbonyl (C=O) groups is 2. The van der Waals surface area contributed by atoms with Gasteiger partial charge in [-0.05, 0) is 63.8 Å². The Morgan fingerprint density at radius 2 is 1.62 bits per heavy atom. The van der Waals surface area contributed by atoms with E-state index >= 15 is 0 Å². The number of aromatic nitrogens is 3. The molecule has 0 aliphatic heterocycles. The summed E-state index contributed by atoms with van der Waals surface area (Å²) in [6.07, 6.45) is -5.67. The summed E-state index contributed by atoms with van der Waals surface area (Å²) in [4.78, 5) is 29.3. The van der Waals surface area contributed by atoms with E-state index in [-0.39, 0.29) is 23.2 Å². The molecule has 0 spiro atoms. The number of hydrogen-bond donors (Lipinski definition) is 1. The Morgan fingerprint density at radius 1 is 0.929 bits per heavy atom. The lowest BCUT2D eigenvalue weighted by atomic mass is 9.86. The maximum Gasteiger partial charge on any atom is 0.283 e. The van der Waals surface area contributed by atoms with Crippen LogP contribution in [0.15, 0.2) is 59.2 Å². The van der Waals surface area contributed by atoms with Crippen molar-refractivity contribution in [1.29, 1.82) is 0 Å². The van der Waals surface area contributed by atoms with Crippen LogP contribution < -0.4 is 5.73 Å². The highest BCUT2D eigenvalue weighted by Gasteiger charge is 2.30. The van der Waals surface area contributed by atoms with Gasteiger partial charge in [-0.1, -0.05) is 12.1 Å². The van der Waals surface area contributed by atoms with E-state index in [2.05, 4.69) is 26.0 Å². The van der Waals surface area contributed by atoms with E-state index in [0.29, 0.717) is 16.3 Å². The minimum atomic E-state index is -3.24. The largest absolute Gasteiger partial charge is 0.366 e. The molecule has 0 saturated heterocycles. The normalized spacial score (nSPS) is 12.2. The molecule has 0 aliphatic carbocycles. The molecule has 0 fully saturated rings. The maximum atomic E-state index is 14.2. The Morgan fingerprint density at radius 3 is 2.24 bits per heavy atom. The second-order valence-electron chi connectivity index (χ2n) is 9.26. The van der Waals surface area contributed by atoms with Gasteiger partial charge in [-0.3, -0.25) is 19.3 Å². The van der Waals surface area contributed by atoms with Crippen molar-refractivity contribution in [3.63, 3.8) is 0 Å². The molecule has 14 heteroatoms. The Hall–Kier alpha value is -4.07. The lowest BCUT2D eigenvalue weighted by Crippen LogP contribution is -2.19. The molecule has 6 nitrogen and oxygen atoms in total. The molecule has 220 valence electrons. The molecule has 0 bridgehead atoms. The van der Waals surface area contributed by atoms with Crippen molar-refractivity contribution in [2.45, 2.75) is 38.2 Å². The third kappa shape index (κ3) is 6.86. The predicted octanol–water partition coefficient (Wildman–Crippen LogP) is 7.08. The van der Waals surface area contributed by atoms with Crippen molar-refractivity contribution >= 4 is 27.6 Å². The number of nitrogens with zero attached hydrogens (tertiary/aromatic N) is 3. The first-order valence-electron chi connectivity index (χ1n) is 12.2. The molecule has 4 rings (SSSR count). The van der Waals surface area contributed by atoms with Gasteiger partial charge in [0, 0.05) is 30.2 Å². The monoisotopic (exact) mass is 656 g/mol. The average molecular weight is 657 g/mol. The van der Waals surface area contributed by atoms with E-state index in [0.717, 1.165) is 18.2 Å². The van der Waals surface area contributed by atoms with Crippen LogP contribution in [0.2, 0.25) is 0 Å². The highest BCUT2D eigenvalue weighted by Crippen LogP contribution is 2.36. The van der Waals surface area contributed by atoms with Gasteiger partial charge >= 0.3 is 0 Å². The first-order chi connectivity index (χ1) is 19.8. The topological polar surface area (TPSA) is 90.9 Å². The molecule has 2 heterocycles. The minimum Gasteiger partial charge on any atom is -0.366 e. The predicted molar refractivity (Wildman–Crippen MR) is 140 cm³/mol. The summed E-state index contributed by atoms with van der Waals surface area (Å²) in [5.41, 5.74) is 3.92. The van der Waals surface area contributed by atoms with Crippen molar-refractivity contribution in [2.24, 2.45) is 5.73 Å². The number of benzene rings is 2. The summed E-state index contributed by atoms with van der Waals surface area (Å²) in [6, 6.07) is 9.35. The van der Waals surface area contributed by atoms with Crippen LogP contribution in [-0.4, -0.2) is 26.5 Å². The van der Waals surface area contributed by atoms with Gasteiger partial charge in [0.2, 0.25) is 0 Å². The number of Topliss-reactive ketones (excluding diaryl/α,β-unsaturated/α-hetero) is 1. The Kier molecular flexibility index (Phi) is 9.44. The fourth-order valence-electron chi connectivity index (χ4n) is 4.59. The van der Waals surface area contributed by atoms with E-state index in [9.17, 15) is 40.3 Å². The second kappa shape index (κ2) is 12.8. The van der Waals surface area contributed by atoms with Crippen LogP contribution in [0, 0.1) is 17.5 Å². The molecule has 1 atom stereocenters. The van der Waals surface area contributed by atoms with Gasteiger partial charge in [0.15, 0.2) is 5.78 Å². The first-order valence-corrected chi connectivity index (χ1v) is 13.0. The van der Waals surface area contributed by atoms with Crippen LogP contribution in [-0.2, 0) is 17.8 Å². The van der Waals surface area contributed by atoms with E-state index in [4.69, 9.17) is 5.73 Å². The van der Waals surface area contributed by atoms with E-state index in [1.807, 2.05) is 0 Å². The van der Waals surface area contributed by atoms with Crippen molar-refractivity contribution < 1.29 is 40.3 Å². The number of hydrogen-bond acceptors (Lipinski definition) is 4. The summed E-state index contributed by atoms with van der Waals surface area (Å²) in [6.45, 7) is -0.816. The highest BCUT2D eigenvalue weighted by atomic mass is 79.9. The van der Waals surface area contributed by atoms with Crippen molar-refractivity contribution in [3.05, 3.63) is 105 Å². The SMILES string of the molecule is NC(=O)c1cc(-c2cccnc2[C@@H](CC(=O)Cn2nc(C(F)F)c(Br)c2C(F)F)Cc2cc(F)cc(F)c2)ccc1F. The zero-order chi connectivity index (χ0) is 30.7. The molecule has 1 amide bonds. The molecule has 2 aromatic carbocycles. The van der Waals surface area contributed by atoms with Crippen LogP contribution in [0.5, 0.6) is 0 Å². The molecule has 0 unspecified atom stereocenters. The summed E-state index contributed by atoms with van der Waals surface area (Å²) >= 11 is 2.70. The minimum absolute atomic E-state index is 0.133. The van der Waals surface area contributed by atoms with Crippen LogP contribution >= 0.6 is 15.9 Å². The van der Waals surface area contributed by atoms with Gasteiger partial charge in [0.05, 0.1) is 15.7 Å². The third-order valence-corrected chi connectivity index (χ3v) is 7.15. The molecular formula is C28H20BrF7N4O2. The molecule has 0 aliphatic rings. The molecule has 42 heavy (non-hydrogen) atoms. The summed E-state index contributed by atoms with van der Waals surface area (Å²) < 4.78 is 96.0. The lowest BCUT2D eigenvalue weighted by molar-refractivity contribution is -0.120. The summed E-state index contributed by atoms with van der Waals surface area (Å²) in [7, 11) is 0. The standard InChI is InChI=1S/C28H20BrF7N4O2/c29-22-24(26(33)34)39-40(25(22)27(35)36)12-18(41)9-15(6-13-7-16(30)11-17(31)8-13)23-19(2-1-5-38-23)14-3-4-21(32)20(10-14)28(37)42/h1-5,7-8,10-11,15,26-27H,6,9,12H2,(H2,37,42)/t15-/m1/s1. The zero-order valence-corrected chi connectivity index (χ0v) is 22.9.